The van der Waals surface area contributed by atoms with E-state index >= 15 is 0 Å². The quantitative estimate of drug-likeness (QED) is 0.809. The highest BCUT2D eigenvalue weighted by Crippen LogP contribution is 2.35. The van der Waals surface area contributed by atoms with Crippen LogP contribution in [0.2, 0.25) is 0 Å². The highest BCUT2D eigenvalue weighted by Gasteiger charge is 2.36. The molecule has 2 atom stereocenters. The monoisotopic (exact) mass is 346 g/mol. The molecule has 1 saturated carbocycles. The molecular formula is C19H30N4O2. The van der Waals surface area contributed by atoms with Gasteiger partial charge in [0.25, 0.3) is 0 Å². The summed E-state index contributed by atoms with van der Waals surface area (Å²) in [5.74, 6) is 0.970. The predicted molar refractivity (Wildman–Crippen MR) is 95.4 cm³/mol. The van der Waals surface area contributed by atoms with Crippen molar-refractivity contribution in [2.45, 2.75) is 44.1 Å². The van der Waals surface area contributed by atoms with E-state index in [2.05, 4.69) is 28.1 Å². The molecule has 3 aliphatic rings. The zero-order valence-electron chi connectivity index (χ0n) is 15.5. The first-order chi connectivity index (χ1) is 12.1. The maximum absolute atomic E-state index is 13.4. The Labute approximate surface area is 150 Å². The summed E-state index contributed by atoms with van der Waals surface area (Å²) in [7, 11) is 4.08. The number of aryl methyl sites for hydroxylation is 2. The summed E-state index contributed by atoms with van der Waals surface area (Å²) in [6.45, 7) is 4.29. The molecule has 0 N–H and O–H groups in total. The number of rotatable bonds is 5. The summed E-state index contributed by atoms with van der Waals surface area (Å²) in [4.78, 5) is 17.8. The van der Waals surface area contributed by atoms with E-state index in [1.54, 1.807) is 0 Å². The van der Waals surface area contributed by atoms with Gasteiger partial charge < -0.3 is 14.5 Å². The van der Waals surface area contributed by atoms with Gasteiger partial charge in [0.1, 0.15) is 0 Å². The highest BCUT2D eigenvalue weighted by molar-refractivity contribution is 5.84. The fraction of sp³-hybridized carbons (Fsp3) is 0.789. The SMILES string of the molecule is CN1CCO[C@H](CN(CC2CC2)C(=O)[C@H]2CCCc3nn(C)cc32)C1. The van der Waals surface area contributed by atoms with Crippen molar-refractivity contribution in [3.05, 3.63) is 17.5 Å². The van der Waals surface area contributed by atoms with Crippen molar-refractivity contribution in [1.82, 2.24) is 19.6 Å². The zero-order chi connectivity index (χ0) is 17.4. The van der Waals surface area contributed by atoms with Gasteiger partial charge in [0.05, 0.1) is 24.3 Å². The minimum absolute atomic E-state index is 0.0162. The normalized spacial score (nSPS) is 27.1. The van der Waals surface area contributed by atoms with Gasteiger partial charge in [0.2, 0.25) is 5.91 Å². The van der Waals surface area contributed by atoms with E-state index in [1.165, 1.54) is 12.8 Å². The van der Waals surface area contributed by atoms with Crippen molar-refractivity contribution in [3.8, 4) is 0 Å². The molecule has 138 valence electrons. The van der Waals surface area contributed by atoms with Gasteiger partial charge in [-0.25, -0.2) is 0 Å². The lowest BCUT2D eigenvalue weighted by molar-refractivity contribution is -0.136. The van der Waals surface area contributed by atoms with Crippen LogP contribution in [-0.2, 0) is 23.0 Å². The van der Waals surface area contributed by atoms with Crippen LogP contribution in [-0.4, -0.2) is 71.4 Å². The summed E-state index contributed by atoms with van der Waals surface area (Å²) in [6.07, 6.45) is 7.72. The molecule has 25 heavy (non-hydrogen) atoms. The summed E-state index contributed by atoms with van der Waals surface area (Å²) in [5, 5.41) is 4.56. The first kappa shape index (κ1) is 17.0. The smallest absolute Gasteiger partial charge is 0.230 e. The predicted octanol–water partition coefficient (Wildman–Crippen LogP) is 1.41. The third-order valence-electron chi connectivity index (χ3n) is 5.77. The number of amides is 1. The zero-order valence-corrected chi connectivity index (χ0v) is 15.5. The Morgan fingerprint density at radius 3 is 2.92 bits per heavy atom. The van der Waals surface area contributed by atoms with E-state index in [-0.39, 0.29) is 17.9 Å². The average Bonchev–Trinajstić information content (AvgIpc) is 3.31. The Balaban J connectivity index is 1.49. The van der Waals surface area contributed by atoms with Crippen LogP contribution in [0.5, 0.6) is 0 Å². The second-order valence-electron chi connectivity index (χ2n) is 8.09. The molecule has 1 saturated heterocycles. The lowest BCUT2D eigenvalue weighted by atomic mass is 9.86. The molecule has 4 rings (SSSR count). The van der Waals surface area contributed by atoms with Gasteiger partial charge in [0, 0.05) is 45.0 Å². The molecule has 2 aliphatic carbocycles. The van der Waals surface area contributed by atoms with Gasteiger partial charge in [-0.3, -0.25) is 9.48 Å². The van der Waals surface area contributed by atoms with E-state index < -0.39 is 0 Å². The van der Waals surface area contributed by atoms with Crippen LogP contribution in [0.1, 0.15) is 42.9 Å². The molecule has 1 aliphatic heterocycles. The second-order valence-corrected chi connectivity index (χ2v) is 8.09. The van der Waals surface area contributed by atoms with Crippen LogP contribution in [0.15, 0.2) is 6.20 Å². The number of morpholine rings is 1. The standard InChI is InChI=1S/C19H30N4O2/c1-21-8-9-25-15(11-21)12-23(10-14-6-7-14)19(24)16-4-3-5-18-17(16)13-22(2)20-18/h13-16H,3-12H2,1-2H3/t15-,16-/m0/s1. The fourth-order valence-corrected chi connectivity index (χ4v) is 4.23. The summed E-state index contributed by atoms with van der Waals surface area (Å²) in [6, 6.07) is 0. The van der Waals surface area contributed by atoms with Crippen LogP contribution in [0.25, 0.3) is 0 Å². The lowest BCUT2D eigenvalue weighted by Crippen LogP contribution is -2.49. The van der Waals surface area contributed by atoms with Gasteiger partial charge in [-0.15, -0.1) is 0 Å². The molecular weight excluding hydrogens is 316 g/mol. The second kappa shape index (κ2) is 7.08. The summed E-state index contributed by atoms with van der Waals surface area (Å²) in [5.41, 5.74) is 2.27. The van der Waals surface area contributed by atoms with E-state index in [1.807, 2.05) is 11.7 Å². The molecule has 1 amide bonds. The van der Waals surface area contributed by atoms with Crippen molar-refractivity contribution in [3.63, 3.8) is 0 Å². The first-order valence-electron chi connectivity index (χ1n) is 9.71. The number of ether oxygens (including phenoxy) is 1. The van der Waals surface area contributed by atoms with Crippen LogP contribution >= 0.6 is 0 Å². The first-order valence-corrected chi connectivity index (χ1v) is 9.71. The van der Waals surface area contributed by atoms with Crippen molar-refractivity contribution < 1.29 is 9.53 Å². The number of carbonyl (C=O) groups excluding carboxylic acids is 1. The Kier molecular flexibility index (Phi) is 4.82. The van der Waals surface area contributed by atoms with E-state index in [0.717, 1.165) is 63.3 Å². The number of fused-ring (bicyclic) bond motifs is 1. The lowest BCUT2D eigenvalue weighted by Gasteiger charge is -2.36. The maximum atomic E-state index is 13.4. The van der Waals surface area contributed by atoms with Crippen molar-refractivity contribution >= 4 is 5.91 Å². The molecule has 2 heterocycles. The molecule has 0 unspecified atom stereocenters. The van der Waals surface area contributed by atoms with Crippen LogP contribution in [0.3, 0.4) is 0 Å². The molecule has 6 heteroatoms. The minimum Gasteiger partial charge on any atom is -0.374 e. The third-order valence-corrected chi connectivity index (χ3v) is 5.77. The topological polar surface area (TPSA) is 50.6 Å². The summed E-state index contributed by atoms with van der Waals surface area (Å²) >= 11 is 0. The average molecular weight is 346 g/mol. The summed E-state index contributed by atoms with van der Waals surface area (Å²) < 4.78 is 7.80. The Hall–Kier alpha value is -1.40. The number of likely N-dealkylation sites (N-methyl/N-ethyl adjacent to an activating group) is 1. The van der Waals surface area contributed by atoms with Crippen molar-refractivity contribution in [1.29, 1.82) is 0 Å². The number of aromatic nitrogens is 2. The molecule has 1 aromatic heterocycles. The van der Waals surface area contributed by atoms with Crippen LogP contribution in [0, 0.1) is 5.92 Å². The van der Waals surface area contributed by atoms with Crippen molar-refractivity contribution in [2.75, 3.05) is 39.8 Å². The number of hydrogen-bond acceptors (Lipinski definition) is 4. The fourth-order valence-electron chi connectivity index (χ4n) is 4.23. The third kappa shape index (κ3) is 3.90. The van der Waals surface area contributed by atoms with Crippen LogP contribution in [0.4, 0.5) is 0 Å². The molecule has 6 nitrogen and oxygen atoms in total. The van der Waals surface area contributed by atoms with E-state index in [0.29, 0.717) is 5.92 Å². The molecule has 0 bridgehead atoms. The molecule has 0 spiro atoms. The van der Waals surface area contributed by atoms with Gasteiger partial charge >= 0.3 is 0 Å². The Morgan fingerprint density at radius 2 is 2.16 bits per heavy atom. The molecule has 0 radical (unpaired) electrons. The molecule has 1 aromatic rings. The Bertz CT molecular complexity index is 625. The van der Waals surface area contributed by atoms with Crippen molar-refractivity contribution in [2.24, 2.45) is 13.0 Å². The van der Waals surface area contributed by atoms with E-state index in [4.69, 9.17) is 4.74 Å². The molecule has 2 fully saturated rings. The maximum Gasteiger partial charge on any atom is 0.230 e. The number of hydrogen-bond donors (Lipinski definition) is 0. The largest absolute Gasteiger partial charge is 0.374 e. The van der Waals surface area contributed by atoms with E-state index in [9.17, 15) is 4.79 Å². The van der Waals surface area contributed by atoms with Crippen LogP contribution < -0.4 is 0 Å². The van der Waals surface area contributed by atoms with Gasteiger partial charge in [-0.2, -0.15) is 5.10 Å². The Morgan fingerprint density at radius 1 is 1.32 bits per heavy atom. The number of nitrogens with zero attached hydrogens (tertiary/aromatic N) is 4. The van der Waals surface area contributed by atoms with Gasteiger partial charge in [-0.1, -0.05) is 0 Å². The minimum atomic E-state index is -0.0162. The highest BCUT2D eigenvalue weighted by atomic mass is 16.5. The van der Waals surface area contributed by atoms with Gasteiger partial charge in [0.15, 0.2) is 0 Å². The number of carbonyl (C=O) groups is 1. The molecule has 0 aromatic carbocycles. The van der Waals surface area contributed by atoms with Gasteiger partial charge in [-0.05, 0) is 45.1 Å².